The molecule has 0 saturated heterocycles. The van der Waals surface area contributed by atoms with Gasteiger partial charge in [-0.25, -0.2) is 5.84 Å². The van der Waals surface area contributed by atoms with E-state index in [0.717, 1.165) is 16.9 Å². The minimum Gasteiger partial charge on any atom is -0.480 e. The molecule has 0 aliphatic carbocycles. The predicted octanol–water partition coefficient (Wildman–Crippen LogP) is 1.70. The first-order chi connectivity index (χ1) is 7.95. The van der Waals surface area contributed by atoms with E-state index in [2.05, 4.69) is 5.43 Å². The van der Waals surface area contributed by atoms with E-state index in [4.69, 9.17) is 10.6 Å². The zero-order valence-electron chi connectivity index (χ0n) is 10.8. The largest absolute Gasteiger partial charge is 0.480 e. The number of carbonyl (C=O) groups excluding carboxylic acids is 1. The van der Waals surface area contributed by atoms with E-state index in [1.54, 1.807) is 0 Å². The van der Waals surface area contributed by atoms with E-state index < -0.39 is 6.10 Å². The van der Waals surface area contributed by atoms with Crippen LogP contribution in [0, 0.1) is 19.8 Å². The molecule has 0 aromatic heterocycles. The minimum absolute atomic E-state index is 0.0541. The molecule has 0 saturated carbocycles. The number of nitrogens with one attached hydrogen (secondary N) is 1. The molecular formula is C13H20N2O2. The third-order valence-corrected chi connectivity index (χ3v) is 2.60. The Kier molecular flexibility index (Phi) is 4.52. The Morgan fingerprint density at radius 3 is 2.53 bits per heavy atom. The number of hydrogen-bond donors (Lipinski definition) is 2. The zero-order chi connectivity index (χ0) is 13.0. The van der Waals surface area contributed by atoms with Gasteiger partial charge in [0.15, 0.2) is 6.10 Å². The normalized spacial score (nSPS) is 12.4. The van der Waals surface area contributed by atoms with E-state index in [-0.39, 0.29) is 11.8 Å². The molecule has 0 radical (unpaired) electrons. The van der Waals surface area contributed by atoms with Crippen molar-refractivity contribution in [2.75, 3.05) is 0 Å². The van der Waals surface area contributed by atoms with Crippen molar-refractivity contribution >= 4 is 5.91 Å². The second-order valence-corrected chi connectivity index (χ2v) is 4.56. The number of hydrogen-bond acceptors (Lipinski definition) is 3. The van der Waals surface area contributed by atoms with Crippen LogP contribution in [0.5, 0.6) is 5.75 Å². The molecule has 0 spiro atoms. The molecule has 4 nitrogen and oxygen atoms in total. The van der Waals surface area contributed by atoms with Gasteiger partial charge in [-0.05, 0) is 37.0 Å². The van der Waals surface area contributed by atoms with Gasteiger partial charge in [-0.2, -0.15) is 0 Å². The van der Waals surface area contributed by atoms with Crippen molar-refractivity contribution in [2.24, 2.45) is 11.8 Å². The van der Waals surface area contributed by atoms with E-state index in [1.807, 2.05) is 45.9 Å². The first kappa shape index (κ1) is 13.5. The first-order valence-electron chi connectivity index (χ1n) is 5.70. The zero-order valence-corrected chi connectivity index (χ0v) is 10.8. The van der Waals surface area contributed by atoms with Crippen molar-refractivity contribution in [1.82, 2.24) is 5.43 Å². The number of nitrogens with two attached hydrogens (primary N) is 1. The highest BCUT2D eigenvalue weighted by Crippen LogP contribution is 2.22. The molecule has 0 heterocycles. The number of aryl methyl sites for hydroxylation is 2. The summed E-state index contributed by atoms with van der Waals surface area (Å²) in [6, 6.07) is 5.91. The molecule has 17 heavy (non-hydrogen) atoms. The van der Waals surface area contributed by atoms with Gasteiger partial charge in [0.25, 0.3) is 5.91 Å². The summed E-state index contributed by atoms with van der Waals surface area (Å²) in [5.74, 6) is 5.63. The fourth-order valence-electron chi connectivity index (χ4n) is 1.55. The van der Waals surface area contributed by atoms with Crippen molar-refractivity contribution < 1.29 is 9.53 Å². The average Bonchev–Trinajstić information content (AvgIpc) is 2.28. The summed E-state index contributed by atoms with van der Waals surface area (Å²) < 4.78 is 5.75. The van der Waals surface area contributed by atoms with E-state index >= 15 is 0 Å². The van der Waals surface area contributed by atoms with Gasteiger partial charge in [-0.3, -0.25) is 10.2 Å². The van der Waals surface area contributed by atoms with Crippen molar-refractivity contribution in [1.29, 1.82) is 0 Å². The first-order valence-corrected chi connectivity index (χ1v) is 5.70. The summed E-state index contributed by atoms with van der Waals surface area (Å²) in [6.07, 6.45) is -0.569. The monoisotopic (exact) mass is 236 g/mol. The van der Waals surface area contributed by atoms with Gasteiger partial charge < -0.3 is 4.74 Å². The molecule has 1 atom stereocenters. The SMILES string of the molecule is Cc1ccc(C)c(OC(C(=O)NN)C(C)C)c1. The van der Waals surface area contributed by atoms with Crippen LogP contribution in [-0.2, 0) is 4.79 Å². The molecule has 1 rings (SSSR count). The average molecular weight is 236 g/mol. The third kappa shape index (κ3) is 3.46. The maximum absolute atomic E-state index is 11.6. The summed E-state index contributed by atoms with van der Waals surface area (Å²) in [5, 5.41) is 0. The third-order valence-electron chi connectivity index (χ3n) is 2.60. The van der Waals surface area contributed by atoms with Gasteiger partial charge in [0, 0.05) is 0 Å². The summed E-state index contributed by atoms with van der Waals surface area (Å²) in [6.45, 7) is 7.78. The maximum atomic E-state index is 11.6. The van der Waals surface area contributed by atoms with Crippen molar-refractivity contribution in [2.45, 2.75) is 33.8 Å². The van der Waals surface area contributed by atoms with Gasteiger partial charge in [0.2, 0.25) is 0 Å². The quantitative estimate of drug-likeness (QED) is 0.475. The van der Waals surface area contributed by atoms with Crippen molar-refractivity contribution in [3.05, 3.63) is 29.3 Å². The number of hydrazine groups is 1. The van der Waals surface area contributed by atoms with Crippen LogP contribution in [0.4, 0.5) is 0 Å². The van der Waals surface area contributed by atoms with Crippen LogP contribution < -0.4 is 16.0 Å². The van der Waals surface area contributed by atoms with Crippen LogP contribution in [0.1, 0.15) is 25.0 Å². The number of benzene rings is 1. The number of ether oxygens (including phenoxy) is 1. The molecule has 1 aromatic carbocycles. The molecule has 1 unspecified atom stereocenters. The molecule has 0 fully saturated rings. The number of amides is 1. The Morgan fingerprint density at radius 2 is 2.00 bits per heavy atom. The van der Waals surface area contributed by atoms with Crippen LogP contribution >= 0.6 is 0 Å². The van der Waals surface area contributed by atoms with Crippen LogP contribution in [0.15, 0.2) is 18.2 Å². The lowest BCUT2D eigenvalue weighted by atomic mass is 10.1. The second kappa shape index (κ2) is 5.68. The Morgan fingerprint density at radius 1 is 1.35 bits per heavy atom. The van der Waals surface area contributed by atoms with Crippen LogP contribution in [0.25, 0.3) is 0 Å². The molecule has 0 aliphatic rings. The molecular weight excluding hydrogens is 216 g/mol. The van der Waals surface area contributed by atoms with Crippen LogP contribution in [0.3, 0.4) is 0 Å². The van der Waals surface area contributed by atoms with E-state index in [1.165, 1.54) is 0 Å². The summed E-state index contributed by atoms with van der Waals surface area (Å²) in [5.41, 5.74) is 4.24. The number of rotatable bonds is 4. The van der Waals surface area contributed by atoms with Gasteiger partial charge in [-0.1, -0.05) is 26.0 Å². The molecule has 1 amide bonds. The summed E-state index contributed by atoms with van der Waals surface area (Å²) in [7, 11) is 0. The van der Waals surface area contributed by atoms with Gasteiger partial charge in [-0.15, -0.1) is 0 Å². The van der Waals surface area contributed by atoms with Gasteiger partial charge in [0.05, 0.1) is 0 Å². The standard InChI is InChI=1S/C13H20N2O2/c1-8(2)12(13(16)15-14)17-11-7-9(3)5-6-10(11)4/h5-8,12H,14H2,1-4H3,(H,15,16). The topological polar surface area (TPSA) is 64.3 Å². The lowest BCUT2D eigenvalue weighted by molar-refractivity contribution is -0.129. The molecule has 0 aliphatic heterocycles. The van der Waals surface area contributed by atoms with E-state index in [9.17, 15) is 4.79 Å². The highest BCUT2D eigenvalue weighted by atomic mass is 16.5. The lowest BCUT2D eigenvalue weighted by Gasteiger charge is -2.22. The van der Waals surface area contributed by atoms with Crippen LogP contribution in [-0.4, -0.2) is 12.0 Å². The Labute approximate surface area is 102 Å². The second-order valence-electron chi connectivity index (χ2n) is 4.56. The van der Waals surface area contributed by atoms with Crippen molar-refractivity contribution in [3.8, 4) is 5.75 Å². The number of carbonyl (C=O) groups is 1. The smallest absolute Gasteiger partial charge is 0.275 e. The van der Waals surface area contributed by atoms with E-state index in [0.29, 0.717) is 0 Å². The molecule has 3 N–H and O–H groups in total. The Balaban J connectivity index is 2.93. The summed E-state index contributed by atoms with van der Waals surface area (Å²) in [4.78, 5) is 11.6. The lowest BCUT2D eigenvalue weighted by Crippen LogP contribution is -2.44. The fourth-order valence-corrected chi connectivity index (χ4v) is 1.55. The predicted molar refractivity (Wildman–Crippen MR) is 67.5 cm³/mol. The van der Waals surface area contributed by atoms with Crippen molar-refractivity contribution in [3.63, 3.8) is 0 Å². The van der Waals surface area contributed by atoms with Gasteiger partial charge >= 0.3 is 0 Å². The maximum Gasteiger partial charge on any atom is 0.275 e. The molecule has 94 valence electrons. The molecule has 4 heteroatoms. The highest BCUT2D eigenvalue weighted by molar-refractivity contribution is 5.80. The summed E-state index contributed by atoms with van der Waals surface area (Å²) >= 11 is 0. The fraction of sp³-hybridized carbons (Fsp3) is 0.462. The molecule has 0 bridgehead atoms. The van der Waals surface area contributed by atoms with Gasteiger partial charge in [0.1, 0.15) is 5.75 Å². The molecule has 1 aromatic rings. The minimum atomic E-state index is -0.569. The Bertz CT molecular complexity index is 402. The van der Waals surface area contributed by atoms with Crippen LogP contribution in [0.2, 0.25) is 0 Å². The Hall–Kier alpha value is -1.55. The highest BCUT2D eigenvalue weighted by Gasteiger charge is 2.23.